The summed E-state index contributed by atoms with van der Waals surface area (Å²) >= 11 is 0. The predicted molar refractivity (Wildman–Crippen MR) is 84.8 cm³/mol. The molecule has 1 saturated carbocycles. The molecule has 0 spiro atoms. The van der Waals surface area contributed by atoms with Crippen molar-refractivity contribution in [2.24, 2.45) is 5.92 Å². The van der Waals surface area contributed by atoms with Crippen molar-refractivity contribution in [1.82, 2.24) is 4.90 Å². The Labute approximate surface area is 125 Å². The summed E-state index contributed by atoms with van der Waals surface area (Å²) in [5.41, 5.74) is 1.70. The van der Waals surface area contributed by atoms with Crippen molar-refractivity contribution >= 4 is 23.6 Å². The van der Waals surface area contributed by atoms with E-state index in [9.17, 15) is 9.59 Å². The highest BCUT2D eigenvalue weighted by atomic mass is 16.2. The van der Waals surface area contributed by atoms with Gasteiger partial charge in [-0.2, -0.15) is 0 Å². The SMILES string of the molecule is CC(=O)Nc1ccc(C=CC(=O)N(C)CC2CCC2)cc1. The predicted octanol–water partition coefficient (Wildman–Crippen LogP) is 2.92. The number of anilines is 1. The molecule has 0 atom stereocenters. The van der Waals surface area contributed by atoms with Crippen LogP contribution in [-0.2, 0) is 9.59 Å². The summed E-state index contributed by atoms with van der Waals surface area (Å²) in [6, 6.07) is 7.40. The first-order chi connectivity index (χ1) is 10.0. The Morgan fingerprint density at radius 2 is 1.95 bits per heavy atom. The van der Waals surface area contributed by atoms with Gasteiger partial charge in [-0.25, -0.2) is 0 Å². The Hall–Kier alpha value is -2.10. The van der Waals surface area contributed by atoms with Crippen LogP contribution < -0.4 is 5.32 Å². The third-order valence-electron chi connectivity index (χ3n) is 3.78. The van der Waals surface area contributed by atoms with Crippen LogP contribution in [0.25, 0.3) is 6.08 Å². The number of carbonyl (C=O) groups excluding carboxylic acids is 2. The Balaban J connectivity index is 1.87. The summed E-state index contributed by atoms with van der Waals surface area (Å²) in [7, 11) is 1.85. The van der Waals surface area contributed by atoms with Crippen LogP contribution in [0, 0.1) is 5.92 Å². The van der Waals surface area contributed by atoms with Crippen molar-refractivity contribution in [3.05, 3.63) is 35.9 Å². The Bertz CT molecular complexity index is 530. The number of benzene rings is 1. The first-order valence-electron chi connectivity index (χ1n) is 7.35. The Morgan fingerprint density at radius 1 is 1.29 bits per heavy atom. The summed E-state index contributed by atoms with van der Waals surface area (Å²) in [6.07, 6.45) is 7.18. The van der Waals surface area contributed by atoms with Gasteiger partial charge in [0.05, 0.1) is 0 Å². The van der Waals surface area contributed by atoms with Crippen molar-refractivity contribution < 1.29 is 9.59 Å². The fraction of sp³-hybridized carbons (Fsp3) is 0.412. The zero-order valence-electron chi connectivity index (χ0n) is 12.6. The van der Waals surface area contributed by atoms with Gasteiger partial charge in [0.2, 0.25) is 11.8 Å². The fourth-order valence-electron chi connectivity index (χ4n) is 2.33. The minimum atomic E-state index is -0.0916. The van der Waals surface area contributed by atoms with Crippen molar-refractivity contribution in [2.45, 2.75) is 26.2 Å². The molecule has 1 fully saturated rings. The van der Waals surface area contributed by atoms with Gasteiger partial charge >= 0.3 is 0 Å². The first kappa shape index (κ1) is 15.3. The topological polar surface area (TPSA) is 49.4 Å². The molecule has 2 amide bonds. The van der Waals surface area contributed by atoms with Crippen LogP contribution in [0.5, 0.6) is 0 Å². The molecule has 4 nitrogen and oxygen atoms in total. The number of hydrogen-bond donors (Lipinski definition) is 1. The summed E-state index contributed by atoms with van der Waals surface area (Å²) in [5.74, 6) is 0.628. The summed E-state index contributed by atoms with van der Waals surface area (Å²) in [4.78, 5) is 24.7. The van der Waals surface area contributed by atoms with E-state index in [0.29, 0.717) is 5.92 Å². The lowest BCUT2D eigenvalue weighted by Crippen LogP contribution is -2.33. The van der Waals surface area contributed by atoms with Gasteiger partial charge in [-0.05, 0) is 42.5 Å². The van der Waals surface area contributed by atoms with Gasteiger partial charge in [0.1, 0.15) is 0 Å². The lowest BCUT2D eigenvalue weighted by molar-refractivity contribution is -0.125. The average molecular weight is 286 g/mol. The molecule has 112 valence electrons. The number of rotatable bonds is 5. The molecule has 0 aromatic heterocycles. The van der Waals surface area contributed by atoms with Crippen molar-refractivity contribution in [2.75, 3.05) is 18.9 Å². The standard InChI is InChI=1S/C17H22N2O2/c1-13(20)18-16-9-6-14(7-10-16)8-11-17(21)19(2)12-15-4-3-5-15/h6-11,15H,3-5,12H2,1-2H3,(H,18,20). The van der Waals surface area contributed by atoms with Gasteiger partial charge in [-0.3, -0.25) is 9.59 Å². The highest BCUT2D eigenvalue weighted by Crippen LogP contribution is 2.26. The van der Waals surface area contributed by atoms with Crippen LogP contribution in [0.15, 0.2) is 30.3 Å². The second kappa shape index (κ2) is 7.07. The second-order valence-corrected chi connectivity index (χ2v) is 5.65. The van der Waals surface area contributed by atoms with Crippen molar-refractivity contribution in [3.63, 3.8) is 0 Å². The monoisotopic (exact) mass is 286 g/mol. The third kappa shape index (κ3) is 4.74. The number of carbonyl (C=O) groups is 2. The first-order valence-corrected chi connectivity index (χ1v) is 7.35. The molecule has 1 aromatic rings. The molecule has 1 aliphatic rings. The molecule has 4 heteroatoms. The van der Waals surface area contributed by atoms with Crippen LogP contribution in [-0.4, -0.2) is 30.3 Å². The van der Waals surface area contributed by atoms with E-state index in [1.165, 1.54) is 26.2 Å². The molecule has 0 unspecified atom stereocenters. The molecular weight excluding hydrogens is 264 g/mol. The summed E-state index contributed by atoms with van der Waals surface area (Å²) < 4.78 is 0. The lowest BCUT2D eigenvalue weighted by atomic mass is 9.85. The quantitative estimate of drug-likeness (QED) is 0.846. The van der Waals surface area contributed by atoms with Crippen LogP contribution in [0.4, 0.5) is 5.69 Å². The molecule has 0 heterocycles. The molecule has 21 heavy (non-hydrogen) atoms. The minimum absolute atomic E-state index is 0.0350. The van der Waals surface area contributed by atoms with Gasteiger partial charge in [-0.1, -0.05) is 18.6 Å². The number of nitrogens with one attached hydrogen (secondary N) is 1. The van der Waals surface area contributed by atoms with E-state index in [1.54, 1.807) is 17.1 Å². The summed E-state index contributed by atoms with van der Waals surface area (Å²) in [5, 5.41) is 2.71. The van der Waals surface area contributed by atoms with Gasteiger partial charge in [0.25, 0.3) is 0 Å². The second-order valence-electron chi connectivity index (χ2n) is 5.65. The van der Waals surface area contributed by atoms with Crippen LogP contribution in [0.2, 0.25) is 0 Å². The van der Waals surface area contributed by atoms with Gasteiger partial charge < -0.3 is 10.2 Å². The van der Waals surface area contributed by atoms with Crippen LogP contribution in [0.1, 0.15) is 31.7 Å². The summed E-state index contributed by atoms with van der Waals surface area (Å²) in [6.45, 7) is 2.33. The smallest absolute Gasteiger partial charge is 0.246 e. The van der Waals surface area contributed by atoms with E-state index in [0.717, 1.165) is 17.8 Å². The third-order valence-corrected chi connectivity index (χ3v) is 3.78. The van der Waals surface area contributed by atoms with E-state index in [2.05, 4.69) is 5.32 Å². The number of amides is 2. The normalized spacial score (nSPS) is 14.8. The van der Waals surface area contributed by atoms with Gasteiger partial charge in [0.15, 0.2) is 0 Å². The molecule has 2 rings (SSSR count). The molecule has 0 bridgehead atoms. The van der Waals surface area contributed by atoms with Crippen LogP contribution >= 0.6 is 0 Å². The largest absolute Gasteiger partial charge is 0.342 e. The minimum Gasteiger partial charge on any atom is -0.342 e. The van der Waals surface area contributed by atoms with E-state index in [1.807, 2.05) is 31.3 Å². The van der Waals surface area contributed by atoms with Crippen LogP contribution in [0.3, 0.4) is 0 Å². The number of likely N-dealkylation sites (N-methyl/N-ethyl adjacent to an activating group) is 1. The molecule has 0 radical (unpaired) electrons. The molecule has 1 aliphatic carbocycles. The van der Waals surface area contributed by atoms with Crippen molar-refractivity contribution in [3.8, 4) is 0 Å². The molecule has 0 aliphatic heterocycles. The Morgan fingerprint density at radius 3 is 2.48 bits per heavy atom. The fourth-order valence-corrected chi connectivity index (χ4v) is 2.33. The zero-order chi connectivity index (χ0) is 15.2. The maximum absolute atomic E-state index is 12.0. The lowest BCUT2D eigenvalue weighted by Gasteiger charge is -2.29. The van der Waals surface area contributed by atoms with E-state index < -0.39 is 0 Å². The van der Waals surface area contributed by atoms with Gasteiger partial charge in [-0.15, -0.1) is 0 Å². The zero-order valence-corrected chi connectivity index (χ0v) is 12.6. The molecule has 0 saturated heterocycles. The molecule has 1 aromatic carbocycles. The van der Waals surface area contributed by atoms with E-state index >= 15 is 0 Å². The van der Waals surface area contributed by atoms with E-state index in [4.69, 9.17) is 0 Å². The van der Waals surface area contributed by atoms with Crippen molar-refractivity contribution in [1.29, 1.82) is 0 Å². The number of nitrogens with zero attached hydrogens (tertiary/aromatic N) is 1. The molecule has 1 N–H and O–H groups in total. The van der Waals surface area contributed by atoms with Gasteiger partial charge in [0, 0.05) is 32.3 Å². The molecular formula is C17H22N2O2. The maximum atomic E-state index is 12.0. The average Bonchev–Trinajstić information content (AvgIpc) is 2.41. The number of hydrogen-bond acceptors (Lipinski definition) is 2. The highest BCUT2D eigenvalue weighted by molar-refractivity contribution is 5.92. The maximum Gasteiger partial charge on any atom is 0.246 e. The Kier molecular flexibility index (Phi) is 5.14. The van der Waals surface area contributed by atoms with E-state index in [-0.39, 0.29) is 11.8 Å². The highest BCUT2D eigenvalue weighted by Gasteiger charge is 2.20.